The van der Waals surface area contributed by atoms with Crippen LogP contribution in [0.15, 0.2) is 24.3 Å². The van der Waals surface area contributed by atoms with Crippen LogP contribution in [0, 0.1) is 17.2 Å². The number of fused-ring (bicyclic) bond motifs is 1. The fourth-order valence-corrected chi connectivity index (χ4v) is 2.85. The minimum absolute atomic E-state index is 0.680. The van der Waals surface area contributed by atoms with Gasteiger partial charge >= 0.3 is 0 Å². The molecule has 2 fully saturated rings. The lowest BCUT2D eigenvalue weighted by atomic mass is 10.2. The molecule has 3 heteroatoms. The van der Waals surface area contributed by atoms with Crippen molar-refractivity contribution in [3.63, 3.8) is 0 Å². The molecule has 0 spiro atoms. The molecule has 1 aromatic carbocycles. The molecule has 2 unspecified atom stereocenters. The van der Waals surface area contributed by atoms with Gasteiger partial charge < -0.3 is 4.74 Å². The van der Waals surface area contributed by atoms with Crippen LogP contribution in [0.2, 0.25) is 0 Å². The highest BCUT2D eigenvalue weighted by atomic mass is 16.5. The second-order valence-corrected chi connectivity index (χ2v) is 5.23. The maximum absolute atomic E-state index is 8.70. The van der Waals surface area contributed by atoms with Crippen LogP contribution in [0.4, 0.5) is 0 Å². The molecule has 1 aliphatic heterocycles. The number of hydrogen-bond acceptors (Lipinski definition) is 3. The zero-order valence-corrected chi connectivity index (χ0v) is 10.5. The first kappa shape index (κ1) is 11.6. The predicted octanol–water partition coefficient (Wildman–Crippen LogP) is 2.42. The summed E-state index contributed by atoms with van der Waals surface area (Å²) in [5.41, 5.74) is 0.680. The number of piperidine rings is 1. The minimum Gasteiger partial charge on any atom is -0.494 e. The Morgan fingerprint density at radius 3 is 2.78 bits per heavy atom. The number of likely N-dealkylation sites (tertiary alicyclic amines) is 1. The van der Waals surface area contributed by atoms with Crippen molar-refractivity contribution in [3.8, 4) is 11.8 Å². The highest BCUT2D eigenvalue weighted by Gasteiger charge is 2.46. The third kappa shape index (κ3) is 2.49. The first-order chi connectivity index (χ1) is 8.86. The van der Waals surface area contributed by atoms with E-state index in [0.717, 1.165) is 37.3 Å². The molecule has 0 N–H and O–H groups in total. The molecule has 1 saturated heterocycles. The van der Waals surface area contributed by atoms with Crippen LogP contribution in [0.3, 0.4) is 0 Å². The van der Waals surface area contributed by atoms with E-state index in [1.54, 1.807) is 12.1 Å². The third-order valence-corrected chi connectivity index (χ3v) is 3.98. The van der Waals surface area contributed by atoms with Gasteiger partial charge in [0.15, 0.2) is 0 Å². The molecule has 0 amide bonds. The molecule has 1 aromatic rings. The quantitative estimate of drug-likeness (QED) is 0.744. The van der Waals surface area contributed by atoms with E-state index in [0.29, 0.717) is 5.56 Å². The lowest BCUT2D eigenvalue weighted by Crippen LogP contribution is -2.25. The fraction of sp³-hybridized carbons (Fsp3) is 0.533. The Kier molecular flexibility index (Phi) is 3.21. The van der Waals surface area contributed by atoms with E-state index in [4.69, 9.17) is 10.00 Å². The van der Waals surface area contributed by atoms with E-state index in [2.05, 4.69) is 11.0 Å². The first-order valence-corrected chi connectivity index (χ1v) is 6.74. The number of rotatable bonds is 5. The molecule has 2 aliphatic rings. The molecule has 94 valence electrons. The van der Waals surface area contributed by atoms with Gasteiger partial charge in [-0.2, -0.15) is 5.26 Å². The SMILES string of the molecule is N#Cc1ccc(OCCCN2CCC3CC32)cc1. The van der Waals surface area contributed by atoms with E-state index in [9.17, 15) is 0 Å². The monoisotopic (exact) mass is 242 g/mol. The van der Waals surface area contributed by atoms with E-state index >= 15 is 0 Å². The molecule has 3 rings (SSSR count). The van der Waals surface area contributed by atoms with Crippen molar-refractivity contribution >= 4 is 0 Å². The summed E-state index contributed by atoms with van der Waals surface area (Å²) in [6.07, 6.45) is 3.92. The van der Waals surface area contributed by atoms with Gasteiger partial charge in [-0.15, -0.1) is 0 Å². The lowest BCUT2D eigenvalue weighted by molar-refractivity contribution is 0.247. The second kappa shape index (κ2) is 4.99. The van der Waals surface area contributed by atoms with Gasteiger partial charge in [-0.1, -0.05) is 0 Å². The van der Waals surface area contributed by atoms with Gasteiger partial charge in [-0.3, -0.25) is 4.90 Å². The Morgan fingerprint density at radius 1 is 1.33 bits per heavy atom. The van der Waals surface area contributed by atoms with Gasteiger partial charge in [0, 0.05) is 12.6 Å². The van der Waals surface area contributed by atoms with Crippen molar-refractivity contribution < 1.29 is 4.74 Å². The first-order valence-electron chi connectivity index (χ1n) is 6.74. The van der Waals surface area contributed by atoms with Gasteiger partial charge in [0.25, 0.3) is 0 Å². The summed E-state index contributed by atoms with van der Waals surface area (Å²) < 4.78 is 5.68. The Hall–Kier alpha value is -1.53. The summed E-state index contributed by atoms with van der Waals surface area (Å²) in [4.78, 5) is 2.60. The van der Waals surface area contributed by atoms with Crippen LogP contribution in [0.5, 0.6) is 5.75 Å². The van der Waals surface area contributed by atoms with Crippen molar-refractivity contribution in [2.24, 2.45) is 5.92 Å². The molecule has 1 saturated carbocycles. The summed E-state index contributed by atoms with van der Waals surface area (Å²) in [6, 6.07) is 10.3. The maximum atomic E-state index is 8.70. The van der Waals surface area contributed by atoms with Crippen molar-refractivity contribution in [2.75, 3.05) is 19.7 Å². The molecular formula is C15H18N2O. The largest absolute Gasteiger partial charge is 0.494 e. The van der Waals surface area contributed by atoms with Crippen LogP contribution < -0.4 is 4.74 Å². The van der Waals surface area contributed by atoms with Crippen molar-refractivity contribution in [1.29, 1.82) is 5.26 Å². The number of nitriles is 1. The van der Waals surface area contributed by atoms with Gasteiger partial charge in [-0.05, 0) is 56.0 Å². The number of hydrogen-bond donors (Lipinski definition) is 0. The van der Waals surface area contributed by atoms with Crippen molar-refractivity contribution in [2.45, 2.75) is 25.3 Å². The maximum Gasteiger partial charge on any atom is 0.119 e. The summed E-state index contributed by atoms with van der Waals surface area (Å²) in [7, 11) is 0. The van der Waals surface area contributed by atoms with Crippen LogP contribution in [0.1, 0.15) is 24.8 Å². The Bertz CT molecular complexity index is 449. The van der Waals surface area contributed by atoms with E-state index in [-0.39, 0.29) is 0 Å². The summed E-state index contributed by atoms with van der Waals surface area (Å²) >= 11 is 0. The normalized spacial score (nSPS) is 25.5. The van der Waals surface area contributed by atoms with Gasteiger partial charge in [-0.25, -0.2) is 0 Å². The molecule has 0 bridgehead atoms. The molecule has 1 aliphatic carbocycles. The van der Waals surface area contributed by atoms with Crippen LogP contribution >= 0.6 is 0 Å². The fourth-order valence-electron chi connectivity index (χ4n) is 2.85. The Labute approximate surface area is 108 Å². The molecule has 2 atom stereocenters. The predicted molar refractivity (Wildman–Crippen MR) is 69.4 cm³/mol. The molecule has 3 nitrogen and oxygen atoms in total. The van der Waals surface area contributed by atoms with E-state index in [1.807, 2.05) is 12.1 Å². The zero-order chi connectivity index (χ0) is 12.4. The average molecular weight is 242 g/mol. The topological polar surface area (TPSA) is 36.3 Å². The minimum atomic E-state index is 0.680. The summed E-state index contributed by atoms with van der Waals surface area (Å²) in [5.74, 6) is 1.88. The standard InChI is InChI=1S/C15H18N2O/c16-11-12-2-4-14(5-3-12)18-9-1-7-17-8-6-13-10-15(13)17/h2-5,13,15H,1,6-10H2. The third-order valence-electron chi connectivity index (χ3n) is 3.98. The van der Waals surface area contributed by atoms with Crippen molar-refractivity contribution in [3.05, 3.63) is 29.8 Å². The summed E-state index contributed by atoms with van der Waals surface area (Å²) in [6.45, 7) is 3.21. The average Bonchev–Trinajstić information content (AvgIpc) is 3.10. The molecular weight excluding hydrogens is 224 g/mol. The van der Waals surface area contributed by atoms with Gasteiger partial charge in [0.2, 0.25) is 0 Å². The van der Waals surface area contributed by atoms with Crippen molar-refractivity contribution in [1.82, 2.24) is 4.90 Å². The zero-order valence-electron chi connectivity index (χ0n) is 10.5. The number of nitrogens with zero attached hydrogens (tertiary/aromatic N) is 2. The second-order valence-electron chi connectivity index (χ2n) is 5.23. The van der Waals surface area contributed by atoms with E-state index in [1.165, 1.54) is 19.4 Å². The Balaban J connectivity index is 1.37. The number of benzene rings is 1. The van der Waals surface area contributed by atoms with Gasteiger partial charge in [0.1, 0.15) is 5.75 Å². The van der Waals surface area contributed by atoms with E-state index < -0.39 is 0 Å². The lowest BCUT2D eigenvalue weighted by Gasteiger charge is -2.17. The van der Waals surface area contributed by atoms with Gasteiger partial charge in [0.05, 0.1) is 18.2 Å². The highest BCUT2D eigenvalue weighted by molar-refractivity contribution is 5.34. The molecule has 0 radical (unpaired) electrons. The smallest absolute Gasteiger partial charge is 0.119 e. The highest BCUT2D eigenvalue weighted by Crippen LogP contribution is 2.44. The van der Waals surface area contributed by atoms with Crippen LogP contribution in [0.25, 0.3) is 0 Å². The Morgan fingerprint density at radius 2 is 2.17 bits per heavy atom. The summed E-state index contributed by atoms with van der Waals surface area (Å²) in [5, 5.41) is 8.70. The molecule has 1 heterocycles. The van der Waals surface area contributed by atoms with Crippen LogP contribution in [-0.2, 0) is 0 Å². The van der Waals surface area contributed by atoms with Crippen LogP contribution in [-0.4, -0.2) is 30.6 Å². The molecule has 0 aromatic heterocycles. The molecule has 18 heavy (non-hydrogen) atoms. The number of ether oxygens (including phenoxy) is 1.